The van der Waals surface area contributed by atoms with Crippen LogP contribution in [0.2, 0.25) is 0 Å². The maximum absolute atomic E-state index is 11.0. The predicted octanol–water partition coefficient (Wildman–Crippen LogP) is 2.06. The van der Waals surface area contributed by atoms with Crippen LogP contribution in [0.1, 0.15) is 23.2 Å². The van der Waals surface area contributed by atoms with Gasteiger partial charge >= 0.3 is 5.97 Å². The zero-order valence-electron chi connectivity index (χ0n) is 12.2. The van der Waals surface area contributed by atoms with E-state index in [-0.39, 0.29) is 5.56 Å². The third-order valence-electron chi connectivity index (χ3n) is 3.82. The molecule has 0 amide bonds. The first-order valence-electron chi connectivity index (χ1n) is 7.10. The molecule has 0 aliphatic carbocycles. The lowest BCUT2D eigenvalue weighted by Gasteiger charge is -2.25. The number of benzene rings is 1. The predicted molar refractivity (Wildman–Crippen MR) is 79.9 cm³/mol. The molecule has 0 bridgehead atoms. The largest absolute Gasteiger partial charge is 0.478 e. The summed E-state index contributed by atoms with van der Waals surface area (Å²) in [6, 6.07) is 5.77. The van der Waals surface area contributed by atoms with Crippen LogP contribution in [-0.2, 0) is 0 Å². The van der Waals surface area contributed by atoms with Crippen LogP contribution in [0.3, 0.4) is 0 Å². The average Bonchev–Trinajstić information content (AvgIpc) is 3.02. The van der Waals surface area contributed by atoms with Gasteiger partial charge in [-0.05, 0) is 45.1 Å². The number of nitrogens with zero attached hydrogens (tertiary/aromatic N) is 3. The number of anilines is 1. The summed E-state index contributed by atoms with van der Waals surface area (Å²) in [6.07, 6.45) is 2.24. The Bertz CT molecular complexity index is 665. The number of aromatic carboxylic acids is 1. The third-order valence-corrected chi connectivity index (χ3v) is 3.82. The van der Waals surface area contributed by atoms with E-state index in [2.05, 4.69) is 28.9 Å². The fraction of sp³-hybridized carbons (Fsp3) is 0.467. The molecule has 1 aromatic heterocycles. The molecule has 2 aromatic rings. The van der Waals surface area contributed by atoms with E-state index >= 15 is 0 Å². The van der Waals surface area contributed by atoms with Crippen LogP contribution in [0.5, 0.6) is 0 Å². The van der Waals surface area contributed by atoms with Crippen molar-refractivity contribution >= 4 is 23.1 Å². The molecule has 1 aliphatic rings. The van der Waals surface area contributed by atoms with Gasteiger partial charge in [-0.2, -0.15) is 4.98 Å². The summed E-state index contributed by atoms with van der Waals surface area (Å²) in [7, 11) is 4.11. The zero-order chi connectivity index (χ0) is 15.0. The Balaban J connectivity index is 1.91. The van der Waals surface area contributed by atoms with Gasteiger partial charge in [-0.3, -0.25) is 0 Å². The minimum atomic E-state index is -0.957. The van der Waals surface area contributed by atoms with Crippen molar-refractivity contribution in [2.75, 3.05) is 32.1 Å². The SMILES string of the molecule is CN(C)CC1CCCN1c1nc2ccc(C(=O)O)cc2o1. The fourth-order valence-electron chi connectivity index (χ4n) is 2.87. The highest BCUT2D eigenvalue weighted by atomic mass is 16.4. The second kappa shape index (κ2) is 5.37. The molecule has 1 atom stereocenters. The number of likely N-dealkylation sites (N-methyl/N-ethyl adjacent to an activating group) is 1. The van der Waals surface area contributed by atoms with Gasteiger partial charge in [-0.15, -0.1) is 0 Å². The molecule has 0 saturated carbocycles. The van der Waals surface area contributed by atoms with Gasteiger partial charge < -0.3 is 19.3 Å². The highest BCUT2D eigenvalue weighted by molar-refractivity contribution is 5.92. The van der Waals surface area contributed by atoms with E-state index in [1.165, 1.54) is 6.07 Å². The van der Waals surface area contributed by atoms with Crippen molar-refractivity contribution in [2.45, 2.75) is 18.9 Å². The summed E-state index contributed by atoms with van der Waals surface area (Å²) in [4.78, 5) is 19.8. The lowest BCUT2D eigenvalue weighted by atomic mass is 10.2. The number of rotatable bonds is 4. The molecule has 1 N–H and O–H groups in total. The molecule has 1 aromatic carbocycles. The second-order valence-electron chi connectivity index (χ2n) is 5.74. The van der Waals surface area contributed by atoms with Crippen molar-refractivity contribution in [1.29, 1.82) is 0 Å². The van der Waals surface area contributed by atoms with Crippen LogP contribution in [0, 0.1) is 0 Å². The smallest absolute Gasteiger partial charge is 0.335 e. The quantitative estimate of drug-likeness (QED) is 0.929. The topological polar surface area (TPSA) is 69.8 Å². The monoisotopic (exact) mass is 289 g/mol. The van der Waals surface area contributed by atoms with Gasteiger partial charge in [0.15, 0.2) is 5.58 Å². The van der Waals surface area contributed by atoms with Crippen molar-refractivity contribution in [3.05, 3.63) is 23.8 Å². The van der Waals surface area contributed by atoms with E-state index in [1.54, 1.807) is 12.1 Å². The first-order valence-corrected chi connectivity index (χ1v) is 7.10. The summed E-state index contributed by atoms with van der Waals surface area (Å²) in [5.74, 6) is -0.957. The summed E-state index contributed by atoms with van der Waals surface area (Å²) in [5.41, 5.74) is 1.45. The molecule has 0 spiro atoms. The summed E-state index contributed by atoms with van der Waals surface area (Å²) in [6.45, 7) is 1.89. The number of hydrogen-bond donors (Lipinski definition) is 1. The minimum Gasteiger partial charge on any atom is -0.478 e. The van der Waals surface area contributed by atoms with Gasteiger partial charge in [-0.25, -0.2) is 4.79 Å². The van der Waals surface area contributed by atoms with Gasteiger partial charge in [-0.1, -0.05) is 0 Å². The molecule has 1 saturated heterocycles. The van der Waals surface area contributed by atoms with E-state index in [4.69, 9.17) is 9.52 Å². The van der Waals surface area contributed by atoms with Crippen molar-refractivity contribution < 1.29 is 14.3 Å². The minimum absolute atomic E-state index is 0.219. The Morgan fingerprint density at radius 3 is 3.05 bits per heavy atom. The van der Waals surface area contributed by atoms with Gasteiger partial charge in [0.25, 0.3) is 6.01 Å². The number of carbonyl (C=O) groups is 1. The molecular formula is C15H19N3O3. The zero-order valence-corrected chi connectivity index (χ0v) is 12.2. The summed E-state index contributed by atoms with van der Waals surface area (Å²) in [5, 5.41) is 9.03. The molecule has 1 unspecified atom stereocenters. The maximum Gasteiger partial charge on any atom is 0.335 e. The fourth-order valence-corrected chi connectivity index (χ4v) is 2.87. The number of fused-ring (bicyclic) bond motifs is 1. The van der Waals surface area contributed by atoms with E-state index < -0.39 is 5.97 Å². The first kappa shape index (κ1) is 13.9. The number of hydrogen-bond acceptors (Lipinski definition) is 5. The molecule has 0 radical (unpaired) electrons. The number of carboxylic acid groups (broad SMARTS) is 1. The van der Waals surface area contributed by atoms with E-state index in [1.807, 2.05) is 0 Å². The van der Waals surface area contributed by atoms with Gasteiger partial charge in [0.2, 0.25) is 0 Å². The highest BCUT2D eigenvalue weighted by Crippen LogP contribution is 2.29. The Labute approximate surface area is 123 Å². The van der Waals surface area contributed by atoms with Crippen molar-refractivity contribution in [3.8, 4) is 0 Å². The second-order valence-corrected chi connectivity index (χ2v) is 5.74. The number of aromatic nitrogens is 1. The Hall–Kier alpha value is -2.08. The molecule has 1 fully saturated rings. The average molecular weight is 289 g/mol. The molecule has 112 valence electrons. The Kier molecular flexibility index (Phi) is 3.55. The maximum atomic E-state index is 11.0. The van der Waals surface area contributed by atoms with Crippen molar-refractivity contribution in [1.82, 2.24) is 9.88 Å². The normalized spacial score (nSPS) is 18.8. The third kappa shape index (κ3) is 2.71. The molecule has 6 heteroatoms. The van der Waals surface area contributed by atoms with Crippen LogP contribution >= 0.6 is 0 Å². The van der Waals surface area contributed by atoms with Crippen molar-refractivity contribution in [3.63, 3.8) is 0 Å². The lowest BCUT2D eigenvalue weighted by Crippen LogP contribution is -2.37. The number of oxazole rings is 1. The van der Waals surface area contributed by atoms with Gasteiger partial charge in [0.05, 0.1) is 5.56 Å². The van der Waals surface area contributed by atoms with E-state index in [0.717, 1.165) is 25.9 Å². The molecule has 2 heterocycles. The lowest BCUT2D eigenvalue weighted by molar-refractivity contribution is 0.0697. The molecule has 21 heavy (non-hydrogen) atoms. The Morgan fingerprint density at radius 2 is 2.33 bits per heavy atom. The molecular weight excluding hydrogens is 270 g/mol. The number of carboxylic acids is 1. The van der Waals surface area contributed by atoms with Crippen LogP contribution in [0.4, 0.5) is 6.01 Å². The van der Waals surface area contributed by atoms with Crippen molar-refractivity contribution in [2.24, 2.45) is 0 Å². The summed E-state index contributed by atoms with van der Waals surface area (Å²) < 4.78 is 5.79. The molecule has 3 rings (SSSR count). The standard InChI is InChI=1S/C15H19N3O3/c1-17(2)9-11-4-3-7-18(11)15-16-12-6-5-10(14(19)20)8-13(12)21-15/h5-6,8,11H,3-4,7,9H2,1-2H3,(H,19,20). The highest BCUT2D eigenvalue weighted by Gasteiger charge is 2.28. The van der Waals surface area contributed by atoms with E-state index in [9.17, 15) is 4.79 Å². The molecule has 1 aliphatic heterocycles. The molecule has 6 nitrogen and oxygen atoms in total. The summed E-state index contributed by atoms with van der Waals surface area (Å²) >= 11 is 0. The van der Waals surface area contributed by atoms with Crippen LogP contribution < -0.4 is 4.90 Å². The first-order chi connectivity index (χ1) is 10.0. The van der Waals surface area contributed by atoms with Crippen LogP contribution in [0.15, 0.2) is 22.6 Å². The Morgan fingerprint density at radius 1 is 1.52 bits per heavy atom. The van der Waals surface area contributed by atoms with Gasteiger partial charge in [0.1, 0.15) is 5.52 Å². The van der Waals surface area contributed by atoms with Crippen LogP contribution in [0.25, 0.3) is 11.1 Å². The van der Waals surface area contributed by atoms with Crippen LogP contribution in [-0.4, -0.2) is 54.2 Å². The van der Waals surface area contributed by atoms with E-state index in [0.29, 0.717) is 23.2 Å². The van der Waals surface area contributed by atoms with Gasteiger partial charge in [0, 0.05) is 19.1 Å².